The summed E-state index contributed by atoms with van der Waals surface area (Å²) < 4.78 is 34.7. The molecule has 2 atom stereocenters. The number of H-pyrrole nitrogens is 1. The third-order valence-corrected chi connectivity index (χ3v) is 9.65. The molecule has 0 bridgehead atoms. The number of aliphatic hydroxyl groups is 1. The Bertz CT molecular complexity index is 1770. The van der Waals surface area contributed by atoms with Gasteiger partial charge in [-0.2, -0.15) is 0 Å². The number of aromatic nitrogens is 1. The molecule has 2 N–H and O–H groups in total. The largest absolute Gasteiger partial charge is 0.497 e. The average Bonchev–Trinajstić information content (AvgIpc) is 3.53. The van der Waals surface area contributed by atoms with Crippen molar-refractivity contribution in [3.05, 3.63) is 126 Å². The van der Waals surface area contributed by atoms with Crippen LogP contribution in [0.2, 0.25) is 0 Å². The molecule has 1 aromatic heterocycles. The molecule has 1 aliphatic heterocycles. The fourth-order valence-electron chi connectivity index (χ4n) is 5.75. The van der Waals surface area contributed by atoms with Crippen molar-refractivity contribution in [1.82, 2.24) is 9.88 Å². The highest BCUT2D eigenvalue weighted by Crippen LogP contribution is 2.46. The van der Waals surface area contributed by atoms with E-state index in [1.165, 1.54) is 9.87 Å². The first-order valence-corrected chi connectivity index (χ1v) is 15.1. The molecular formula is C33H33N3O4S. The number of rotatable bonds is 9. The summed E-state index contributed by atoms with van der Waals surface area (Å²) in [6, 6.07) is 29.6. The number of aromatic amines is 1. The van der Waals surface area contributed by atoms with Crippen molar-refractivity contribution in [3.63, 3.8) is 0 Å². The maximum atomic E-state index is 14.0. The minimum Gasteiger partial charge on any atom is -0.497 e. The number of sulfonamides is 1. The van der Waals surface area contributed by atoms with Crippen LogP contribution in [-0.2, 0) is 23.0 Å². The topological polar surface area (TPSA) is 85.9 Å². The molecule has 0 amide bonds. The van der Waals surface area contributed by atoms with Crippen molar-refractivity contribution < 1.29 is 18.3 Å². The number of ether oxygens (including phenoxy) is 1. The minimum atomic E-state index is -4.05. The molecule has 41 heavy (non-hydrogen) atoms. The molecule has 2 heterocycles. The van der Waals surface area contributed by atoms with Crippen molar-refractivity contribution in [2.75, 3.05) is 18.0 Å². The first-order chi connectivity index (χ1) is 19.9. The number of hydrogen-bond donors (Lipinski definition) is 2. The Morgan fingerprint density at radius 1 is 0.951 bits per heavy atom. The summed E-state index contributed by atoms with van der Waals surface area (Å²) in [5, 5.41) is 13.1. The van der Waals surface area contributed by atoms with E-state index >= 15 is 0 Å². The molecule has 0 saturated carbocycles. The van der Waals surface area contributed by atoms with Gasteiger partial charge in [0.1, 0.15) is 5.75 Å². The van der Waals surface area contributed by atoms with Crippen molar-refractivity contribution in [1.29, 1.82) is 0 Å². The second-order valence-electron chi connectivity index (χ2n) is 10.5. The Hall–Kier alpha value is -4.11. The molecule has 0 fully saturated rings. The molecule has 6 rings (SSSR count). The monoisotopic (exact) mass is 567 g/mol. The zero-order valence-corrected chi connectivity index (χ0v) is 23.9. The summed E-state index contributed by atoms with van der Waals surface area (Å²) in [5.41, 5.74) is 5.43. The molecule has 8 heteroatoms. The lowest BCUT2D eigenvalue weighted by atomic mass is 10.0. The third kappa shape index (κ3) is 5.10. The Balaban J connectivity index is 1.42. The van der Waals surface area contributed by atoms with Gasteiger partial charge in [0, 0.05) is 35.8 Å². The Kier molecular flexibility index (Phi) is 7.30. The van der Waals surface area contributed by atoms with Crippen LogP contribution in [0.4, 0.5) is 5.69 Å². The van der Waals surface area contributed by atoms with E-state index in [9.17, 15) is 13.5 Å². The minimum absolute atomic E-state index is 0.137. The van der Waals surface area contributed by atoms with Crippen LogP contribution in [0.1, 0.15) is 28.3 Å². The van der Waals surface area contributed by atoms with Gasteiger partial charge in [-0.1, -0.05) is 66.2 Å². The summed E-state index contributed by atoms with van der Waals surface area (Å²) in [6.07, 6.45) is 1.40. The lowest BCUT2D eigenvalue weighted by Gasteiger charge is -2.33. The number of anilines is 1. The number of nitrogens with one attached hydrogen (secondary N) is 1. The van der Waals surface area contributed by atoms with E-state index in [-0.39, 0.29) is 4.90 Å². The number of methoxy groups -OCH3 is 1. The summed E-state index contributed by atoms with van der Waals surface area (Å²) in [4.78, 5) is 5.66. The van der Waals surface area contributed by atoms with Crippen molar-refractivity contribution >= 4 is 26.6 Å². The zero-order chi connectivity index (χ0) is 28.6. The van der Waals surface area contributed by atoms with Crippen LogP contribution in [0.5, 0.6) is 5.75 Å². The van der Waals surface area contributed by atoms with Gasteiger partial charge in [-0.15, -0.1) is 0 Å². The summed E-state index contributed by atoms with van der Waals surface area (Å²) >= 11 is 0. The second-order valence-corrected chi connectivity index (χ2v) is 12.3. The van der Waals surface area contributed by atoms with E-state index in [2.05, 4.69) is 22.0 Å². The smallest absolute Gasteiger partial charge is 0.266 e. The van der Waals surface area contributed by atoms with E-state index in [1.807, 2.05) is 61.7 Å². The highest BCUT2D eigenvalue weighted by Gasteiger charge is 2.46. The highest BCUT2D eigenvalue weighted by atomic mass is 32.2. The van der Waals surface area contributed by atoms with E-state index in [0.717, 1.165) is 22.0 Å². The number of nitrogens with zero attached hydrogens (tertiary/aromatic N) is 2. The quantitative estimate of drug-likeness (QED) is 0.235. The van der Waals surface area contributed by atoms with E-state index < -0.39 is 22.3 Å². The molecule has 0 spiro atoms. The van der Waals surface area contributed by atoms with E-state index in [0.29, 0.717) is 36.5 Å². The van der Waals surface area contributed by atoms with Gasteiger partial charge in [0.15, 0.2) is 6.23 Å². The molecule has 0 unspecified atom stereocenters. The van der Waals surface area contributed by atoms with Crippen LogP contribution < -0.4 is 9.04 Å². The van der Waals surface area contributed by atoms with Crippen LogP contribution in [0, 0.1) is 6.92 Å². The summed E-state index contributed by atoms with van der Waals surface area (Å²) in [5.74, 6) is 0.604. The van der Waals surface area contributed by atoms with Crippen LogP contribution in [0.25, 0.3) is 10.9 Å². The van der Waals surface area contributed by atoms with Crippen molar-refractivity contribution in [2.24, 2.45) is 0 Å². The van der Waals surface area contributed by atoms with Gasteiger partial charge in [0.2, 0.25) is 0 Å². The van der Waals surface area contributed by atoms with E-state index in [4.69, 9.17) is 4.74 Å². The number of para-hydroxylation sites is 1. The van der Waals surface area contributed by atoms with Crippen LogP contribution in [0.3, 0.4) is 0 Å². The van der Waals surface area contributed by atoms with Gasteiger partial charge in [0.05, 0.1) is 23.7 Å². The molecule has 1 aliphatic rings. The number of aliphatic hydroxyl groups excluding tert-OH is 1. The molecule has 7 nitrogen and oxygen atoms in total. The number of benzene rings is 4. The Morgan fingerprint density at radius 3 is 2.44 bits per heavy atom. The van der Waals surface area contributed by atoms with Crippen molar-refractivity contribution in [3.8, 4) is 5.75 Å². The number of fused-ring (bicyclic) bond motifs is 2. The van der Waals surface area contributed by atoms with Gasteiger partial charge >= 0.3 is 0 Å². The first kappa shape index (κ1) is 27.1. The Labute approximate surface area is 240 Å². The SMILES string of the molecule is COc1ccc2c(c1)[C@H](N(CCc1c[nH]c3ccccc13)Cc1ccccc1)[C@@H](O)N2S(=O)(=O)c1ccc(C)cc1. The maximum Gasteiger partial charge on any atom is 0.266 e. The van der Waals surface area contributed by atoms with Gasteiger partial charge in [-0.25, -0.2) is 12.7 Å². The molecule has 210 valence electrons. The third-order valence-electron chi connectivity index (χ3n) is 7.86. The predicted molar refractivity (Wildman–Crippen MR) is 161 cm³/mol. The number of hydrogen-bond acceptors (Lipinski definition) is 5. The first-order valence-electron chi connectivity index (χ1n) is 13.7. The molecule has 4 aromatic carbocycles. The van der Waals surface area contributed by atoms with Gasteiger partial charge in [-0.05, 0) is 60.9 Å². The normalized spacial score (nSPS) is 16.8. The van der Waals surface area contributed by atoms with Crippen molar-refractivity contribution in [2.45, 2.75) is 37.1 Å². The standard InChI is InChI=1S/C33H33N3O4S/c1-23-12-15-27(16-13-23)41(38,39)36-31-17-14-26(40-2)20-29(31)32(33(36)37)35(22-24-8-4-3-5-9-24)19-18-25-21-34-30-11-7-6-10-28(25)30/h3-17,20-21,32-34,37H,18-19,22H2,1-2H3/t32-,33+/m0/s1. The predicted octanol–water partition coefficient (Wildman–Crippen LogP) is 5.80. The highest BCUT2D eigenvalue weighted by molar-refractivity contribution is 7.92. The molecule has 5 aromatic rings. The van der Waals surface area contributed by atoms with Crippen LogP contribution >= 0.6 is 0 Å². The van der Waals surface area contributed by atoms with Gasteiger partial charge in [-0.3, -0.25) is 4.90 Å². The maximum absolute atomic E-state index is 14.0. The average molecular weight is 568 g/mol. The van der Waals surface area contributed by atoms with Gasteiger partial charge < -0.3 is 14.8 Å². The fourth-order valence-corrected chi connectivity index (χ4v) is 7.28. The van der Waals surface area contributed by atoms with Crippen LogP contribution in [0.15, 0.2) is 108 Å². The lowest BCUT2D eigenvalue weighted by molar-refractivity contribution is 0.0616. The Morgan fingerprint density at radius 2 is 1.68 bits per heavy atom. The van der Waals surface area contributed by atoms with Crippen LogP contribution in [-0.4, -0.2) is 43.3 Å². The number of aryl methyl sites for hydroxylation is 1. The fraction of sp³-hybridized carbons (Fsp3) is 0.212. The molecule has 0 aliphatic carbocycles. The zero-order valence-electron chi connectivity index (χ0n) is 23.1. The summed E-state index contributed by atoms with van der Waals surface area (Å²) in [7, 11) is -2.47. The molecule has 0 saturated heterocycles. The second kappa shape index (κ2) is 11.0. The lowest BCUT2D eigenvalue weighted by Crippen LogP contribution is -2.44. The summed E-state index contributed by atoms with van der Waals surface area (Å²) in [6.45, 7) is 3.03. The van der Waals surface area contributed by atoms with Gasteiger partial charge in [0.25, 0.3) is 10.0 Å². The molecular weight excluding hydrogens is 534 g/mol. The molecule has 0 radical (unpaired) electrons. The van der Waals surface area contributed by atoms with E-state index in [1.54, 1.807) is 43.5 Å².